The third-order valence-corrected chi connectivity index (χ3v) is 2.73. The smallest absolute Gasteiger partial charge is 0.157 e. The summed E-state index contributed by atoms with van der Waals surface area (Å²) in [6.45, 7) is 3.81. The fourth-order valence-corrected chi connectivity index (χ4v) is 1.65. The van der Waals surface area contributed by atoms with Crippen LogP contribution in [0, 0.1) is 5.92 Å². The van der Waals surface area contributed by atoms with Gasteiger partial charge in [0.25, 0.3) is 0 Å². The highest BCUT2D eigenvalue weighted by Crippen LogP contribution is 2.18. The van der Waals surface area contributed by atoms with Crippen LogP contribution in [-0.2, 0) is 14.3 Å². The van der Waals surface area contributed by atoms with E-state index < -0.39 is 0 Å². The van der Waals surface area contributed by atoms with E-state index in [1.54, 1.807) is 21.1 Å². The molecule has 0 rings (SSSR count). The maximum atomic E-state index is 11.4. The molecule has 0 aromatic rings. The van der Waals surface area contributed by atoms with Gasteiger partial charge >= 0.3 is 0 Å². The minimum absolute atomic E-state index is 0.0847. The summed E-state index contributed by atoms with van der Waals surface area (Å²) in [5.41, 5.74) is 0. The first-order valence-electron chi connectivity index (χ1n) is 5.71. The number of unbranched alkanes of at least 4 members (excludes halogenated alkanes) is 2. The molecular weight excluding hydrogens is 192 g/mol. The Bertz CT molecular complexity index is 164. The van der Waals surface area contributed by atoms with Gasteiger partial charge in [-0.15, -0.1) is 0 Å². The van der Waals surface area contributed by atoms with Crippen LogP contribution in [0.4, 0.5) is 0 Å². The Kier molecular flexibility index (Phi) is 8.62. The zero-order chi connectivity index (χ0) is 11.7. The van der Waals surface area contributed by atoms with E-state index in [1.165, 1.54) is 12.8 Å². The number of Topliss-reactive ketones (excluding diaryl/α,β-unsaturated/α-hetero) is 1. The molecule has 3 nitrogen and oxygen atoms in total. The molecule has 15 heavy (non-hydrogen) atoms. The minimum atomic E-state index is -0.250. The van der Waals surface area contributed by atoms with Crippen molar-refractivity contribution in [2.45, 2.75) is 52.2 Å². The number of methoxy groups -OCH3 is 2. The molecule has 0 aliphatic carbocycles. The highest BCUT2D eigenvalue weighted by Gasteiger charge is 2.19. The molecule has 0 heterocycles. The Balaban J connectivity index is 3.97. The Labute approximate surface area is 93.1 Å². The summed E-state index contributed by atoms with van der Waals surface area (Å²) >= 11 is 0. The second-order valence-corrected chi connectivity index (χ2v) is 3.94. The average molecular weight is 216 g/mol. The lowest BCUT2D eigenvalue weighted by Gasteiger charge is -2.19. The Hall–Kier alpha value is -0.410. The fourth-order valence-electron chi connectivity index (χ4n) is 1.65. The number of hydrogen-bond donors (Lipinski definition) is 0. The highest BCUT2D eigenvalue weighted by atomic mass is 16.7. The van der Waals surface area contributed by atoms with E-state index in [0.717, 1.165) is 12.8 Å². The molecule has 0 saturated carbocycles. The summed E-state index contributed by atoms with van der Waals surface area (Å²) in [5.74, 6) is 0.326. The van der Waals surface area contributed by atoms with Crippen molar-refractivity contribution >= 4 is 5.78 Å². The lowest BCUT2D eigenvalue weighted by Crippen LogP contribution is -2.22. The van der Waals surface area contributed by atoms with Crippen molar-refractivity contribution in [1.29, 1.82) is 0 Å². The van der Waals surface area contributed by atoms with Crippen molar-refractivity contribution in [2.75, 3.05) is 14.2 Å². The molecule has 1 unspecified atom stereocenters. The molecule has 3 heteroatoms. The first-order valence-corrected chi connectivity index (χ1v) is 5.71. The standard InChI is InChI=1S/C12H24O3/c1-5-6-7-8-11(10(2)13)9-12(14-3)15-4/h11-12H,5-9H2,1-4H3. The zero-order valence-corrected chi connectivity index (χ0v) is 10.4. The van der Waals surface area contributed by atoms with Gasteiger partial charge in [-0.2, -0.15) is 0 Å². The maximum absolute atomic E-state index is 11.4. The van der Waals surface area contributed by atoms with Crippen LogP contribution < -0.4 is 0 Å². The quantitative estimate of drug-likeness (QED) is 0.439. The molecule has 90 valence electrons. The molecule has 0 aromatic heterocycles. The minimum Gasteiger partial charge on any atom is -0.356 e. The molecule has 0 aromatic carbocycles. The van der Waals surface area contributed by atoms with Gasteiger partial charge < -0.3 is 9.47 Å². The molecule has 0 aliphatic heterocycles. The summed E-state index contributed by atoms with van der Waals surface area (Å²) in [5, 5.41) is 0. The largest absolute Gasteiger partial charge is 0.356 e. The summed E-state index contributed by atoms with van der Waals surface area (Å²) in [7, 11) is 3.22. The predicted molar refractivity (Wildman–Crippen MR) is 60.7 cm³/mol. The number of ketones is 1. The molecule has 0 saturated heterocycles. The van der Waals surface area contributed by atoms with Crippen LogP contribution in [0.3, 0.4) is 0 Å². The first kappa shape index (κ1) is 14.6. The third-order valence-electron chi connectivity index (χ3n) is 2.73. The summed E-state index contributed by atoms with van der Waals surface area (Å²) in [6.07, 6.45) is 4.86. The van der Waals surface area contributed by atoms with Gasteiger partial charge in [-0.3, -0.25) is 4.79 Å². The number of hydrogen-bond acceptors (Lipinski definition) is 3. The number of carbonyl (C=O) groups is 1. The average Bonchev–Trinajstić information content (AvgIpc) is 2.23. The number of rotatable bonds is 9. The van der Waals surface area contributed by atoms with Crippen molar-refractivity contribution in [3.05, 3.63) is 0 Å². The van der Waals surface area contributed by atoms with E-state index >= 15 is 0 Å². The van der Waals surface area contributed by atoms with Crippen LogP contribution in [0.2, 0.25) is 0 Å². The second kappa shape index (κ2) is 8.86. The SMILES string of the molecule is CCCCCC(CC(OC)OC)C(C)=O. The van der Waals surface area contributed by atoms with Crippen LogP contribution >= 0.6 is 0 Å². The van der Waals surface area contributed by atoms with Gasteiger partial charge in [0.15, 0.2) is 6.29 Å². The van der Waals surface area contributed by atoms with Crippen LogP contribution in [-0.4, -0.2) is 26.3 Å². The van der Waals surface area contributed by atoms with Crippen molar-refractivity contribution in [3.8, 4) is 0 Å². The van der Waals surface area contributed by atoms with Gasteiger partial charge in [-0.05, 0) is 13.3 Å². The van der Waals surface area contributed by atoms with Crippen molar-refractivity contribution in [3.63, 3.8) is 0 Å². The van der Waals surface area contributed by atoms with Crippen molar-refractivity contribution in [1.82, 2.24) is 0 Å². The lowest BCUT2D eigenvalue weighted by molar-refractivity contribution is -0.133. The van der Waals surface area contributed by atoms with Gasteiger partial charge in [0.2, 0.25) is 0 Å². The normalized spacial score (nSPS) is 13.1. The summed E-state index contributed by atoms with van der Waals surface area (Å²) < 4.78 is 10.2. The van der Waals surface area contributed by atoms with E-state index in [0.29, 0.717) is 6.42 Å². The van der Waals surface area contributed by atoms with E-state index in [1.807, 2.05) is 0 Å². The summed E-state index contributed by atoms with van der Waals surface area (Å²) in [6, 6.07) is 0. The van der Waals surface area contributed by atoms with E-state index in [9.17, 15) is 4.79 Å². The van der Waals surface area contributed by atoms with Crippen LogP contribution in [0.25, 0.3) is 0 Å². The molecule has 0 bridgehead atoms. The molecule has 0 fully saturated rings. The number of carbonyl (C=O) groups excluding carboxylic acids is 1. The van der Waals surface area contributed by atoms with E-state index in [-0.39, 0.29) is 18.0 Å². The molecule has 1 atom stereocenters. The Morgan fingerprint density at radius 3 is 2.20 bits per heavy atom. The van der Waals surface area contributed by atoms with Crippen molar-refractivity contribution in [2.24, 2.45) is 5.92 Å². The highest BCUT2D eigenvalue weighted by molar-refractivity contribution is 5.78. The summed E-state index contributed by atoms with van der Waals surface area (Å²) in [4.78, 5) is 11.4. The van der Waals surface area contributed by atoms with Gasteiger partial charge in [-0.25, -0.2) is 0 Å². The lowest BCUT2D eigenvalue weighted by atomic mass is 9.94. The fraction of sp³-hybridized carbons (Fsp3) is 0.917. The molecular formula is C12H24O3. The third kappa shape index (κ3) is 6.63. The van der Waals surface area contributed by atoms with Gasteiger partial charge in [0.1, 0.15) is 5.78 Å². The first-order chi connectivity index (χ1) is 7.15. The molecule has 0 spiro atoms. The van der Waals surface area contributed by atoms with Crippen LogP contribution in [0.5, 0.6) is 0 Å². The van der Waals surface area contributed by atoms with Gasteiger partial charge in [0.05, 0.1) is 0 Å². The second-order valence-electron chi connectivity index (χ2n) is 3.94. The van der Waals surface area contributed by atoms with Crippen LogP contribution in [0.1, 0.15) is 46.0 Å². The molecule has 0 radical (unpaired) electrons. The van der Waals surface area contributed by atoms with E-state index in [4.69, 9.17) is 9.47 Å². The zero-order valence-electron chi connectivity index (χ0n) is 10.4. The predicted octanol–water partition coefficient (Wildman–Crippen LogP) is 2.78. The van der Waals surface area contributed by atoms with Gasteiger partial charge in [0, 0.05) is 26.6 Å². The van der Waals surface area contributed by atoms with Gasteiger partial charge in [-0.1, -0.05) is 26.2 Å². The maximum Gasteiger partial charge on any atom is 0.157 e. The molecule has 0 amide bonds. The van der Waals surface area contributed by atoms with E-state index in [2.05, 4.69) is 6.92 Å². The molecule has 0 N–H and O–H groups in total. The molecule has 0 aliphatic rings. The Morgan fingerprint density at radius 1 is 1.20 bits per heavy atom. The number of ether oxygens (including phenoxy) is 2. The Morgan fingerprint density at radius 2 is 1.80 bits per heavy atom. The topological polar surface area (TPSA) is 35.5 Å². The van der Waals surface area contributed by atoms with Crippen LogP contribution in [0.15, 0.2) is 0 Å². The monoisotopic (exact) mass is 216 g/mol. The van der Waals surface area contributed by atoms with Crippen molar-refractivity contribution < 1.29 is 14.3 Å².